The molecule has 0 atom stereocenters. The van der Waals surface area contributed by atoms with Crippen molar-refractivity contribution in [3.63, 3.8) is 0 Å². The van der Waals surface area contributed by atoms with Gasteiger partial charge in [-0.2, -0.15) is 0 Å². The lowest BCUT2D eigenvalue weighted by molar-refractivity contribution is -0.121. The van der Waals surface area contributed by atoms with Gasteiger partial charge < -0.3 is 15.4 Å². The molecule has 0 spiro atoms. The topological polar surface area (TPSA) is 70.7 Å². The zero-order chi connectivity index (χ0) is 18.3. The Morgan fingerprint density at radius 2 is 1.56 bits per heavy atom. The molecule has 0 bridgehead atoms. The lowest BCUT2D eigenvalue weighted by Crippen LogP contribution is -2.58. The van der Waals surface area contributed by atoms with E-state index in [0.29, 0.717) is 6.54 Å². The molecule has 144 valence electrons. The second-order valence-electron chi connectivity index (χ2n) is 8.46. The van der Waals surface area contributed by atoms with E-state index < -0.39 is 11.7 Å². The van der Waals surface area contributed by atoms with Crippen LogP contribution in [0.25, 0.3) is 0 Å². The van der Waals surface area contributed by atoms with Crippen LogP contribution < -0.4 is 10.6 Å². The van der Waals surface area contributed by atoms with Crippen LogP contribution in [-0.2, 0) is 9.53 Å². The molecular formula is C19H35N3O3. The summed E-state index contributed by atoms with van der Waals surface area (Å²) in [5.74, 6) is -0.146. The van der Waals surface area contributed by atoms with Gasteiger partial charge in [-0.05, 0) is 59.5 Å². The normalized spacial score (nSPS) is 21.4. The molecule has 25 heavy (non-hydrogen) atoms. The van der Waals surface area contributed by atoms with Crippen molar-refractivity contribution >= 4 is 12.0 Å². The van der Waals surface area contributed by atoms with Crippen LogP contribution in [0.5, 0.6) is 0 Å². The molecule has 1 aliphatic heterocycles. The van der Waals surface area contributed by atoms with Crippen LogP contribution in [0, 0.1) is 0 Å². The first-order valence-corrected chi connectivity index (χ1v) is 9.79. The minimum Gasteiger partial charge on any atom is -0.444 e. The minimum absolute atomic E-state index is 0.0367. The minimum atomic E-state index is -0.555. The van der Waals surface area contributed by atoms with E-state index in [2.05, 4.69) is 15.5 Å². The molecule has 6 nitrogen and oxygen atoms in total. The van der Waals surface area contributed by atoms with Crippen molar-refractivity contribution in [3.8, 4) is 0 Å². The lowest BCUT2D eigenvalue weighted by Gasteiger charge is -2.48. The van der Waals surface area contributed by atoms with E-state index >= 15 is 0 Å². The molecule has 2 amide bonds. The Bertz CT molecular complexity index is 447. The molecule has 2 rings (SSSR count). The van der Waals surface area contributed by atoms with Gasteiger partial charge in [0.05, 0.1) is 6.54 Å². The molecule has 1 aliphatic carbocycles. The predicted molar refractivity (Wildman–Crippen MR) is 98.5 cm³/mol. The quantitative estimate of drug-likeness (QED) is 0.797. The molecule has 1 saturated carbocycles. The third kappa shape index (κ3) is 6.49. The fraction of sp³-hybridized carbons (Fsp3) is 0.895. The molecule has 0 unspecified atom stereocenters. The largest absolute Gasteiger partial charge is 0.444 e. The molecule has 2 fully saturated rings. The first kappa shape index (κ1) is 20.0. The number of likely N-dealkylation sites (tertiary alicyclic amines) is 1. The third-order valence-electron chi connectivity index (χ3n) is 5.22. The summed E-state index contributed by atoms with van der Waals surface area (Å²) in [6, 6.07) is 0. The maximum absolute atomic E-state index is 12.2. The lowest BCUT2D eigenvalue weighted by atomic mass is 9.79. The van der Waals surface area contributed by atoms with Crippen LogP contribution in [0.2, 0.25) is 0 Å². The second kappa shape index (κ2) is 8.88. The van der Waals surface area contributed by atoms with E-state index in [4.69, 9.17) is 4.74 Å². The van der Waals surface area contributed by atoms with Gasteiger partial charge in [-0.15, -0.1) is 0 Å². The molecule has 2 N–H and O–H groups in total. The summed E-state index contributed by atoms with van der Waals surface area (Å²) in [7, 11) is 0. The number of ether oxygens (including phenoxy) is 1. The number of hydrogen-bond acceptors (Lipinski definition) is 4. The van der Waals surface area contributed by atoms with Gasteiger partial charge >= 0.3 is 6.09 Å². The average molecular weight is 354 g/mol. The van der Waals surface area contributed by atoms with Gasteiger partial charge in [-0.3, -0.25) is 9.69 Å². The Hall–Kier alpha value is -1.30. The van der Waals surface area contributed by atoms with Crippen molar-refractivity contribution in [1.29, 1.82) is 0 Å². The third-order valence-corrected chi connectivity index (χ3v) is 5.22. The van der Waals surface area contributed by atoms with Gasteiger partial charge in [-0.25, -0.2) is 4.79 Å². The molecule has 6 heteroatoms. The van der Waals surface area contributed by atoms with E-state index in [0.717, 1.165) is 25.9 Å². The number of piperidine rings is 1. The van der Waals surface area contributed by atoms with E-state index in [9.17, 15) is 9.59 Å². The van der Waals surface area contributed by atoms with Gasteiger partial charge in [0, 0.05) is 12.1 Å². The van der Waals surface area contributed by atoms with Crippen molar-refractivity contribution in [2.45, 2.75) is 83.3 Å². The van der Waals surface area contributed by atoms with E-state index in [1.165, 1.54) is 38.5 Å². The van der Waals surface area contributed by atoms with E-state index in [1.54, 1.807) is 20.8 Å². The summed E-state index contributed by atoms with van der Waals surface area (Å²) in [6.45, 7) is 8.35. The number of carbonyl (C=O) groups is 2. The van der Waals surface area contributed by atoms with E-state index in [1.807, 2.05) is 0 Å². The van der Waals surface area contributed by atoms with Gasteiger partial charge in [0.2, 0.25) is 5.91 Å². The summed E-state index contributed by atoms with van der Waals surface area (Å²) in [5.41, 5.74) is -0.443. The first-order chi connectivity index (χ1) is 11.8. The first-order valence-electron chi connectivity index (χ1n) is 9.79. The van der Waals surface area contributed by atoms with Crippen LogP contribution in [0.1, 0.15) is 72.1 Å². The molecule has 2 aliphatic rings. The maximum atomic E-state index is 12.2. The molecule has 0 aromatic heterocycles. The molecule has 1 heterocycles. The fourth-order valence-corrected chi connectivity index (χ4v) is 3.98. The smallest absolute Gasteiger partial charge is 0.408 e. The SMILES string of the molecule is CC(C)(C)OC(=O)NCC(=O)NCC1(N2CCCCC2)CCCCC1. The number of alkyl carbamates (subject to hydrolysis) is 1. The van der Waals surface area contributed by atoms with Crippen molar-refractivity contribution in [3.05, 3.63) is 0 Å². The molecule has 1 saturated heterocycles. The number of rotatable bonds is 5. The number of nitrogens with one attached hydrogen (secondary N) is 2. The summed E-state index contributed by atoms with van der Waals surface area (Å²) in [6.07, 6.45) is 9.38. The Kier molecular flexibility index (Phi) is 7.11. The van der Waals surface area contributed by atoms with Crippen LogP contribution in [0.3, 0.4) is 0 Å². The Balaban J connectivity index is 1.81. The van der Waals surface area contributed by atoms with Crippen molar-refractivity contribution < 1.29 is 14.3 Å². The van der Waals surface area contributed by atoms with Crippen molar-refractivity contribution in [2.24, 2.45) is 0 Å². The standard InChI is InChI=1S/C19H35N3O3/c1-18(2,3)25-17(24)20-14-16(23)21-15-19(10-6-4-7-11-19)22-12-8-5-9-13-22/h4-15H2,1-3H3,(H,20,24)(H,21,23). The Morgan fingerprint density at radius 3 is 2.16 bits per heavy atom. The highest BCUT2D eigenvalue weighted by molar-refractivity contribution is 5.82. The van der Waals surface area contributed by atoms with Crippen LogP contribution in [-0.4, -0.2) is 54.2 Å². The molecule has 0 aromatic rings. The van der Waals surface area contributed by atoms with E-state index in [-0.39, 0.29) is 18.0 Å². The summed E-state index contributed by atoms with van der Waals surface area (Å²) < 4.78 is 5.16. The summed E-state index contributed by atoms with van der Waals surface area (Å²) >= 11 is 0. The highest BCUT2D eigenvalue weighted by atomic mass is 16.6. The molecule has 0 aromatic carbocycles. The van der Waals surface area contributed by atoms with Crippen LogP contribution in [0.4, 0.5) is 4.79 Å². The number of nitrogens with zero attached hydrogens (tertiary/aromatic N) is 1. The van der Waals surface area contributed by atoms with Crippen molar-refractivity contribution in [2.75, 3.05) is 26.2 Å². The van der Waals surface area contributed by atoms with Gasteiger partial charge in [0.15, 0.2) is 0 Å². The highest BCUT2D eigenvalue weighted by Gasteiger charge is 2.38. The van der Waals surface area contributed by atoms with Gasteiger partial charge in [-0.1, -0.05) is 25.7 Å². The monoisotopic (exact) mass is 353 g/mol. The average Bonchev–Trinajstić information content (AvgIpc) is 2.58. The van der Waals surface area contributed by atoms with Gasteiger partial charge in [0.1, 0.15) is 5.60 Å². The molecule has 0 radical (unpaired) electrons. The summed E-state index contributed by atoms with van der Waals surface area (Å²) in [5, 5.41) is 5.59. The van der Waals surface area contributed by atoms with Crippen molar-refractivity contribution in [1.82, 2.24) is 15.5 Å². The highest BCUT2D eigenvalue weighted by Crippen LogP contribution is 2.35. The fourth-order valence-electron chi connectivity index (χ4n) is 3.98. The zero-order valence-corrected chi connectivity index (χ0v) is 16.2. The number of carbonyl (C=O) groups excluding carboxylic acids is 2. The zero-order valence-electron chi connectivity index (χ0n) is 16.2. The van der Waals surface area contributed by atoms with Crippen LogP contribution >= 0.6 is 0 Å². The number of hydrogen-bond donors (Lipinski definition) is 2. The maximum Gasteiger partial charge on any atom is 0.408 e. The Morgan fingerprint density at radius 1 is 0.960 bits per heavy atom. The number of amides is 2. The predicted octanol–water partition coefficient (Wildman–Crippen LogP) is 2.82. The van der Waals surface area contributed by atoms with Gasteiger partial charge in [0.25, 0.3) is 0 Å². The van der Waals surface area contributed by atoms with Crippen LogP contribution in [0.15, 0.2) is 0 Å². The summed E-state index contributed by atoms with van der Waals surface area (Å²) in [4.78, 5) is 26.4. The Labute approximate surface area is 152 Å². The molecular weight excluding hydrogens is 318 g/mol. The second-order valence-corrected chi connectivity index (χ2v) is 8.46.